The minimum atomic E-state index is -0.147. The minimum Gasteiger partial charge on any atom is -0.353 e. The van der Waals surface area contributed by atoms with Crippen LogP contribution < -0.4 is 5.32 Å². The maximum absolute atomic E-state index is 11.2. The van der Waals surface area contributed by atoms with Gasteiger partial charge >= 0.3 is 0 Å². The van der Waals surface area contributed by atoms with Gasteiger partial charge in [-0.2, -0.15) is 0 Å². The number of amides is 1. The van der Waals surface area contributed by atoms with Crippen molar-refractivity contribution in [3.8, 4) is 0 Å². The summed E-state index contributed by atoms with van der Waals surface area (Å²) in [6, 6.07) is -0.147. The third-order valence-corrected chi connectivity index (χ3v) is 2.30. The lowest BCUT2D eigenvalue weighted by Crippen LogP contribution is -2.44. The van der Waals surface area contributed by atoms with Gasteiger partial charge in [0.2, 0.25) is 5.91 Å². The van der Waals surface area contributed by atoms with E-state index in [1.54, 1.807) is 0 Å². The summed E-state index contributed by atoms with van der Waals surface area (Å²) in [5.41, 5.74) is -0.132. The molecule has 0 aromatic heterocycles. The van der Waals surface area contributed by atoms with E-state index in [1.165, 1.54) is 6.92 Å². The zero-order valence-electron chi connectivity index (χ0n) is 9.19. The Balaban J connectivity index is 4.41. The fourth-order valence-corrected chi connectivity index (χ4v) is 1.21. The van der Waals surface area contributed by atoms with Crippen LogP contribution in [0.1, 0.15) is 34.1 Å². The van der Waals surface area contributed by atoms with E-state index in [1.807, 2.05) is 20.8 Å². The Morgan fingerprint density at radius 2 is 1.86 bits per heavy atom. The smallest absolute Gasteiger partial charge is 0.217 e. The Bertz CT molecular complexity index is 221. The largest absolute Gasteiger partial charge is 0.353 e. The summed E-state index contributed by atoms with van der Waals surface area (Å²) in [7, 11) is 0. The van der Waals surface area contributed by atoms with Crippen molar-refractivity contribution >= 4 is 23.3 Å². The number of carbonyl (C=O) groups is 2. The summed E-state index contributed by atoms with van der Waals surface area (Å²) >= 11 is 5.42. The molecule has 1 atom stereocenters. The molecule has 0 saturated heterocycles. The zero-order chi connectivity index (χ0) is 11.4. The molecule has 1 N–H and O–H groups in total. The van der Waals surface area contributed by atoms with Crippen molar-refractivity contribution < 1.29 is 9.59 Å². The van der Waals surface area contributed by atoms with Crippen LogP contribution in [0.2, 0.25) is 0 Å². The molecular weight excluding hydrogens is 202 g/mol. The number of rotatable bonds is 4. The predicted octanol–water partition coefficient (Wildman–Crippen LogP) is 1.74. The maximum Gasteiger partial charge on any atom is 0.217 e. The molecule has 14 heavy (non-hydrogen) atoms. The zero-order valence-corrected chi connectivity index (χ0v) is 9.94. The van der Waals surface area contributed by atoms with Gasteiger partial charge in [0.1, 0.15) is 5.78 Å². The standard InChI is InChI=1S/C10H18ClNO2/c1-7(13)12-9(10(2,3)4)5-8(14)6-11/h9H,5-6H2,1-4H3,(H,12,13). The lowest BCUT2D eigenvalue weighted by molar-refractivity contribution is -0.121. The average molecular weight is 220 g/mol. The van der Waals surface area contributed by atoms with E-state index in [0.29, 0.717) is 6.42 Å². The minimum absolute atomic E-state index is 0.00612. The fraction of sp³-hybridized carbons (Fsp3) is 0.800. The molecule has 0 rings (SSSR count). The number of halogens is 1. The second kappa shape index (κ2) is 5.35. The number of hydrogen-bond acceptors (Lipinski definition) is 2. The highest BCUT2D eigenvalue weighted by Gasteiger charge is 2.27. The molecule has 0 aliphatic rings. The van der Waals surface area contributed by atoms with Crippen molar-refractivity contribution in [3.05, 3.63) is 0 Å². The number of nitrogens with one attached hydrogen (secondary N) is 1. The van der Waals surface area contributed by atoms with Gasteiger partial charge in [-0.3, -0.25) is 9.59 Å². The van der Waals surface area contributed by atoms with Crippen LogP contribution in [0.15, 0.2) is 0 Å². The van der Waals surface area contributed by atoms with E-state index in [-0.39, 0.29) is 29.0 Å². The van der Waals surface area contributed by atoms with Crippen LogP contribution in [0.3, 0.4) is 0 Å². The first-order valence-electron chi connectivity index (χ1n) is 4.62. The Hall–Kier alpha value is -0.570. The first-order chi connectivity index (χ1) is 6.27. The number of hydrogen-bond donors (Lipinski definition) is 1. The second-order valence-electron chi connectivity index (χ2n) is 4.50. The van der Waals surface area contributed by atoms with E-state index in [2.05, 4.69) is 5.32 Å². The van der Waals surface area contributed by atoms with Crippen molar-refractivity contribution in [3.63, 3.8) is 0 Å². The lowest BCUT2D eigenvalue weighted by atomic mass is 9.84. The Morgan fingerprint density at radius 3 is 2.14 bits per heavy atom. The van der Waals surface area contributed by atoms with Crippen LogP contribution in [0.25, 0.3) is 0 Å². The van der Waals surface area contributed by atoms with Gasteiger partial charge in [0, 0.05) is 19.4 Å². The quantitative estimate of drug-likeness (QED) is 0.733. The third-order valence-electron chi connectivity index (χ3n) is 2.00. The van der Waals surface area contributed by atoms with Gasteiger partial charge in [0.15, 0.2) is 0 Å². The van der Waals surface area contributed by atoms with Gasteiger partial charge in [-0.05, 0) is 5.41 Å². The molecular formula is C10H18ClNO2. The third kappa shape index (κ3) is 5.22. The van der Waals surface area contributed by atoms with Crippen LogP contribution in [0, 0.1) is 5.41 Å². The Morgan fingerprint density at radius 1 is 1.36 bits per heavy atom. The van der Waals surface area contributed by atoms with E-state index >= 15 is 0 Å². The number of Topliss-reactive ketones (excluding diaryl/α,β-unsaturated/α-hetero) is 1. The average Bonchev–Trinajstić information content (AvgIpc) is 2.00. The van der Waals surface area contributed by atoms with Crippen LogP contribution in [0.5, 0.6) is 0 Å². The summed E-state index contributed by atoms with van der Waals surface area (Å²) in [6.07, 6.45) is 0.298. The lowest BCUT2D eigenvalue weighted by Gasteiger charge is -2.30. The first-order valence-corrected chi connectivity index (χ1v) is 5.15. The highest BCUT2D eigenvalue weighted by Crippen LogP contribution is 2.22. The van der Waals surface area contributed by atoms with Gasteiger partial charge in [-0.15, -0.1) is 11.6 Å². The summed E-state index contributed by atoms with van der Waals surface area (Å²) < 4.78 is 0. The molecule has 0 spiro atoms. The Kier molecular flexibility index (Phi) is 5.13. The van der Waals surface area contributed by atoms with Crippen molar-refractivity contribution in [2.24, 2.45) is 5.41 Å². The van der Waals surface area contributed by atoms with Crippen molar-refractivity contribution in [2.75, 3.05) is 5.88 Å². The van der Waals surface area contributed by atoms with E-state index in [0.717, 1.165) is 0 Å². The molecule has 3 nitrogen and oxygen atoms in total. The number of ketones is 1. The normalized spacial score (nSPS) is 13.5. The fourth-order valence-electron chi connectivity index (χ4n) is 1.10. The van der Waals surface area contributed by atoms with Gasteiger partial charge in [-0.25, -0.2) is 0 Å². The summed E-state index contributed by atoms with van der Waals surface area (Å²) in [5, 5.41) is 2.77. The highest BCUT2D eigenvalue weighted by molar-refractivity contribution is 6.27. The monoisotopic (exact) mass is 219 g/mol. The Labute approximate surface area is 90.2 Å². The second-order valence-corrected chi connectivity index (χ2v) is 4.76. The molecule has 0 bridgehead atoms. The van der Waals surface area contributed by atoms with E-state index in [9.17, 15) is 9.59 Å². The molecule has 0 aromatic rings. The predicted molar refractivity (Wildman–Crippen MR) is 57.4 cm³/mol. The van der Waals surface area contributed by atoms with Crippen LogP contribution in [-0.4, -0.2) is 23.6 Å². The molecule has 0 saturated carbocycles. The molecule has 0 aliphatic heterocycles. The molecule has 0 radical (unpaired) electrons. The molecule has 82 valence electrons. The van der Waals surface area contributed by atoms with E-state index in [4.69, 9.17) is 11.6 Å². The summed E-state index contributed by atoms with van der Waals surface area (Å²) in [4.78, 5) is 22.1. The van der Waals surface area contributed by atoms with Crippen molar-refractivity contribution in [1.82, 2.24) is 5.32 Å². The van der Waals surface area contributed by atoms with Gasteiger partial charge < -0.3 is 5.32 Å². The molecule has 4 heteroatoms. The maximum atomic E-state index is 11.2. The molecule has 0 heterocycles. The van der Waals surface area contributed by atoms with Crippen LogP contribution in [-0.2, 0) is 9.59 Å². The van der Waals surface area contributed by atoms with Gasteiger partial charge in [0.05, 0.1) is 5.88 Å². The van der Waals surface area contributed by atoms with E-state index < -0.39 is 0 Å². The summed E-state index contributed by atoms with van der Waals surface area (Å²) in [6.45, 7) is 7.39. The molecule has 0 fully saturated rings. The highest BCUT2D eigenvalue weighted by atomic mass is 35.5. The van der Waals surface area contributed by atoms with Crippen LogP contribution >= 0.6 is 11.6 Å². The molecule has 1 amide bonds. The number of alkyl halides is 1. The van der Waals surface area contributed by atoms with Crippen molar-refractivity contribution in [1.29, 1.82) is 0 Å². The molecule has 0 aliphatic carbocycles. The van der Waals surface area contributed by atoms with Gasteiger partial charge in [-0.1, -0.05) is 20.8 Å². The SMILES string of the molecule is CC(=O)NC(CC(=O)CCl)C(C)(C)C. The van der Waals surface area contributed by atoms with Gasteiger partial charge in [0.25, 0.3) is 0 Å². The topological polar surface area (TPSA) is 46.2 Å². The number of carbonyl (C=O) groups excluding carboxylic acids is 2. The van der Waals surface area contributed by atoms with Crippen molar-refractivity contribution in [2.45, 2.75) is 40.2 Å². The molecule has 0 aromatic carbocycles. The summed E-state index contributed by atoms with van der Waals surface area (Å²) in [5.74, 6) is -0.153. The molecule has 1 unspecified atom stereocenters. The first kappa shape index (κ1) is 13.4. The van der Waals surface area contributed by atoms with Crippen LogP contribution in [0.4, 0.5) is 0 Å².